The molecule has 5 rings (SSSR count). The number of furan rings is 1. The number of benzene rings is 2. The highest BCUT2D eigenvalue weighted by molar-refractivity contribution is 8.00. The number of aromatic nitrogens is 2. The van der Waals surface area contributed by atoms with Crippen molar-refractivity contribution in [3.8, 4) is 11.5 Å². The molecule has 1 aliphatic heterocycles. The summed E-state index contributed by atoms with van der Waals surface area (Å²) in [5.41, 5.74) is 1.21. The van der Waals surface area contributed by atoms with E-state index in [2.05, 4.69) is 10.2 Å². The van der Waals surface area contributed by atoms with Crippen LogP contribution >= 0.6 is 23.1 Å². The molecule has 0 saturated carbocycles. The minimum Gasteiger partial charge on any atom is -0.503 e. The maximum absolute atomic E-state index is 13.5. The molecule has 0 bridgehead atoms. The van der Waals surface area contributed by atoms with E-state index >= 15 is 0 Å². The van der Waals surface area contributed by atoms with Gasteiger partial charge in [0, 0.05) is 5.75 Å². The second kappa shape index (κ2) is 10.9. The summed E-state index contributed by atoms with van der Waals surface area (Å²) < 4.78 is 30.1. The van der Waals surface area contributed by atoms with Gasteiger partial charge in [-0.15, -0.1) is 10.2 Å². The lowest BCUT2D eigenvalue weighted by atomic mass is 9.95. The summed E-state index contributed by atoms with van der Waals surface area (Å²) in [6.07, 6.45) is 0. The molecule has 1 amide bonds. The largest absolute Gasteiger partial charge is 0.503 e. The number of rotatable bonds is 9. The van der Waals surface area contributed by atoms with Crippen molar-refractivity contribution in [2.24, 2.45) is 0 Å². The minimum atomic E-state index is -1.04. The smallest absolute Gasteiger partial charge is 0.296 e. The number of carbonyl (C=O) groups is 2. The molecule has 3 heterocycles. The monoisotopic (exact) mass is 567 g/mol. The molecule has 0 saturated heterocycles. The normalized spacial score (nSPS) is 15.2. The summed E-state index contributed by atoms with van der Waals surface area (Å²) in [6, 6.07) is 13.1. The van der Waals surface area contributed by atoms with Crippen LogP contribution in [-0.4, -0.2) is 41.2 Å². The fourth-order valence-corrected chi connectivity index (χ4v) is 5.97. The van der Waals surface area contributed by atoms with Gasteiger partial charge >= 0.3 is 0 Å². The Hall–Kier alpha value is -4.16. The predicted molar refractivity (Wildman–Crippen MR) is 143 cm³/mol. The molecule has 1 atom stereocenters. The number of anilines is 1. The summed E-state index contributed by atoms with van der Waals surface area (Å²) in [4.78, 5) is 28.2. The van der Waals surface area contributed by atoms with Crippen LogP contribution in [0.1, 0.15) is 33.5 Å². The number of aliphatic hydroxyl groups is 1. The van der Waals surface area contributed by atoms with Crippen LogP contribution < -0.4 is 14.4 Å². The van der Waals surface area contributed by atoms with Crippen LogP contribution in [-0.2, 0) is 10.5 Å². The van der Waals surface area contributed by atoms with E-state index in [0.717, 1.165) is 16.9 Å². The zero-order valence-electron chi connectivity index (χ0n) is 21.0. The molecule has 1 unspecified atom stereocenters. The van der Waals surface area contributed by atoms with Gasteiger partial charge in [0.25, 0.3) is 5.91 Å². The Morgan fingerprint density at radius 1 is 1.10 bits per heavy atom. The van der Waals surface area contributed by atoms with Crippen LogP contribution in [0.15, 0.2) is 74.7 Å². The molecule has 2 aromatic carbocycles. The quantitative estimate of drug-likeness (QED) is 0.155. The highest BCUT2D eigenvalue weighted by Crippen LogP contribution is 2.45. The highest BCUT2D eigenvalue weighted by atomic mass is 32.2. The Labute approximate surface area is 230 Å². The zero-order chi connectivity index (χ0) is 27.7. The minimum absolute atomic E-state index is 0.0121. The number of carbonyl (C=O) groups excluding carboxylic acids is 2. The lowest BCUT2D eigenvalue weighted by Crippen LogP contribution is -2.31. The number of ether oxygens (including phenoxy) is 2. The molecule has 0 aliphatic carbocycles. The van der Waals surface area contributed by atoms with Crippen LogP contribution in [0.4, 0.5) is 9.52 Å². The van der Waals surface area contributed by atoms with E-state index in [-0.39, 0.29) is 22.3 Å². The third-order valence-electron chi connectivity index (χ3n) is 6.02. The van der Waals surface area contributed by atoms with Crippen LogP contribution in [0, 0.1) is 12.7 Å². The first kappa shape index (κ1) is 26.4. The van der Waals surface area contributed by atoms with Crippen molar-refractivity contribution in [2.45, 2.75) is 23.1 Å². The van der Waals surface area contributed by atoms with E-state index in [0.29, 0.717) is 32.9 Å². The molecule has 1 N–H and O–H groups in total. The lowest BCUT2D eigenvalue weighted by molar-refractivity contribution is -0.117. The van der Waals surface area contributed by atoms with Gasteiger partial charge in [0.1, 0.15) is 11.6 Å². The van der Waals surface area contributed by atoms with Gasteiger partial charge in [-0.3, -0.25) is 14.5 Å². The van der Waals surface area contributed by atoms with Crippen molar-refractivity contribution in [3.63, 3.8) is 0 Å². The van der Waals surface area contributed by atoms with E-state index in [1.54, 1.807) is 43.3 Å². The summed E-state index contributed by atoms with van der Waals surface area (Å²) in [5.74, 6) is -0.622. The molecule has 4 aromatic rings. The van der Waals surface area contributed by atoms with E-state index in [4.69, 9.17) is 13.9 Å². The van der Waals surface area contributed by atoms with Crippen molar-refractivity contribution < 1.29 is 33.0 Å². The molecule has 0 spiro atoms. The second-order valence-electron chi connectivity index (χ2n) is 8.46. The van der Waals surface area contributed by atoms with E-state index in [1.165, 1.54) is 49.1 Å². The molecule has 1 aliphatic rings. The van der Waals surface area contributed by atoms with Gasteiger partial charge in [-0.25, -0.2) is 4.39 Å². The van der Waals surface area contributed by atoms with Gasteiger partial charge in [0.2, 0.25) is 10.9 Å². The van der Waals surface area contributed by atoms with Gasteiger partial charge in [-0.05, 0) is 54.4 Å². The van der Waals surface area contributed by atoms with Crippen molar-refractivity contribution in [1.82, 2.24) is 10.2 Å². The van der Waals surface area contributed by atoms with Crippen LogP contribution in [0.2, 0.25) is 0 Å². The molecule has 0 fully saturated rings. The Morgan fingerprint density at radius 2 is 1.85 bits per heavy atom. The average Bonchev–Trinajstić information content (AvgIpc) is 3.66. The molecule has 2 aromatic heterocycles. The number of nitrogens with zero attached hydrogens (tertiary/aromatic N) is 3. The summed E-state index contributed by atoms with van der Waals surface area (Å²) in [5, 5.41) is 19.5. The van der Waals surface area contributed by atoms with Gasteiger partial charge < -0.3 is 19.0 Å². The molecule has 200 valence electrons. The SMILES string of the molecule is COc1ccc(C2C(C(=O)c3ccc(C)o3)=C(O)C(=O)N2c2nnc(SCc3ccc(F)cc3)s2)cc1OC. The van der Waals surface area contributed by atoms with Crippen molar-refractivity contribution in [2.75, 3.05) is 19.1 Å². The van der Waals surface area contributed by atoms with E-state index in [9.17, 15) is 19.1 Å². The van der Waals surface area contributed by atoms with Gasteiger partial charge in [-0.1, -0.05) is 41.3 Å². The Balaban J connectivity index is 1.53. The molecular formula is C27H22FN3O6S2. The second-order valence-corrected chi connectivity index (χ2v) is 10.6. The lowest BCUT2D eigenvalue weighted by Gasteiger charge is -2.24. The molecular weight excluding hydrogens is 545 g/mol. The fraction of sp³-hybridized carbons (Fsp3) is 0.185. The maximum atomic E-state index is 13.5. The Bertz CT molecular complexity index is 1580. The topological polar surface area (TPSA) is 115 Å². The summed E-state index contributed by atoms with van der Waals surface area (Å²) in [7, 11) is 2.97. The number of aliphatic hydroxyl groups excluding tert-OH is 1. The average molecular weight is 568 g/mol. The van der Waals surface area contributed by atoms with Crippen LogP contribution in [0.3, 0.4) is 0 Å². The third kappa shape index (κ3) is 5.12. The van der Waals surface area contributed by atoms with Gasteiger partial charge in [0.05, 0.1) is 25.8 Å². The number of aryl methyl sites for hydroxylation is 1. The zero-order valence-corrected chi connectivity index (χ0v) is 22.6. The number of hydrogen-bond donors (Lipinski definition) is 1. The van der Waals surface area contributed by atoms with Gasteiger partial charge in [-0.2, -0.15) is 0 Å². The molecule has 39 heavy (non-hydrogen) atoms. The number of thioether (sulfide) groups is 1. The van der Waals surface area contributed by atoms with Crippen molar-refractivity contribution in [3.05, 3.63) is 94.4 Å². The fourth-order valence-electron chi connectivity index (χ4n) is 4.15. The van der Waals surface area contributed by atoms with Crippen molar-refractivity contribution in [1.29, 1.82) is 0 Å². The summed E-state index contributed by atoms with van der Waals surface area (Å²) in [6.45, 7) is 1.69. The van der Waals surface area contributed by atoms with E-state index in [1.807, 2.05) is 0 Å². The highest BCUT2D eigenvalue weighted by Gasteiger charge is 2.47. The maximum Gasteiger partial charge on any atom is 0.296 e. The molecule has 9 nitrogen and oxygen atoms in total. The van der Waals surface area contributed by atoms with E-state index < -0.39 is 23.5 Å². The predicted octanol–water partition coefficient (Wildman–Crippen LogP) is 5.67. The number of halogens is 1. The number of methoxy groups -OCH3 is 2. The summed E-state index contributed by atoms with van der Waals surface area (Å²) >= 11 is 2.50. The Morgan fingerprint density at radius 3 is 2.51 bits per heavy atom. The third-order valence-corrected chi connectivity index (χ3v) is 8.14. The first-order valence-corrected chi connectivity index (χ1v) is 13.4. The van der Waals surface area contributed by atoms with Crippen molar-refractivity contribution >= 4 is 39.9 Å². The standard InChI is InChI=1S/C27H22FN3O6S2/c1-14-4-10-19(37-14)23(32)21-22(16-7-11-18(35-2)20(12-16)36-3)31(25(34)24(21)33)26-29-30-27(39-26)38-13-15-5-8-17(28)9-6-15/h4-12,22,33H,13H2,1-3H3. The molecule has 12 heteroatoms. The Kier molecular flexibility index (Phi) is 7.40. The van der Waals surface area contributed by atoms with Crippen LogP contribution in [0.25, 0.3) is 0 Å². The van der Waals surface area contributed by atoms with Crippen LogP contribution in [0.5, 0.6) is 11.5 Å². The van der Waals surface area contributed by atoms with Gasteiger partial charge in [0.15, 0.2) is 27.4 Å². The number of amides is 1. The number of Topliss-reactive ketones (excluding diaryl/α,β-unsaturated/α-hetero) is 1. The first-order chi connectivity index (χ1) is 18.8. The number of hydrogen-bond acceptors (Lipinski definition) is 10. The first-order valence-electron chi connectivity index (χ1n) is 11.6. The number of ketones is 1. The molecule has 0 radical (unpaired) electrons.